The lowest BCUT2D eigenvalue weighted by Gasteiger charge is -2.28. The highest BCUT2D eigenvalue weighted by Gasteiger charge is 2.16. The van der Waals surface area contributed by atoms with Crippen LogP contribution < -0.4 is 11.1 Å². The van der Waals surface area contributed by atoms with Gasteiger partial charge in [0.1, 0.15) is 6.20 Å². The molecule has 120 valence electrons. The number of nitrogens with one attached hydrogen (secondary N) is 1. The van der Waals surface area contributed by atoms with Gasteiger partial charge in [0.25, 0.3) is 0 Å². The zero-order chi connectivity index (χ0) is 16.2. The van der Waals surface area contributed by atoms with Crippen LogP contribution in [0.1, 0.15) is 11.1 Å². The second-order valence-corrected chi connectivity index (χ2v) is 5.44. The van der Waals surface area contributed by atoms with Crippen molar-refractivity contribution in [2.24, 2.45) is 0 Å². The highest BCUT2D eigenvalue weighted by Crippen LogP contribution is 2.19. The predicted octanol–water partition coefficient (Wildman–Crippen LogP) is 1.44. The molecule has 0 aliphatic carbocycles. The first-order valence-corrected chi connectivity index (χ1v) is 7.43. The van der Waals surface area contributed by atoms with Crippen LogP contribution in [0.2, 0.25) is 0 Å². The molecule has 0 unspecified atom stereocenters. The molecule has 23 heavy (non-hydrogen) atoms. The monoisotopic (exact) mass is 314 g/mol. The molecule has 3 N–H and O–H groups in total. The first kappa shape index (κ1) is 15.2. The Morgan fingerprint density at radius 2 is 2.13 bits per heavy atom. The molecular weight excluding hydrogens is 296 g/mol. The Morgan fingerprint density at radius 1 is 1.35 bits per heavy atom. The fourth-order valence-electron chi connectivity index (χ4n) is 2.69. The molecule has 1 aliphatic heterocycles. The number of aromatic nitrogens is 2. The average Bonchev–Trinajstić information content (AvgIpc) is 2.54. The lowest BCUT2D eigenvalue weighted by atomic mass is 10.00. The fourth-order valence-corrected chi connectivity index (χ4v) is 2.69. The van der Waals surface area contributed by atoms with Crippen LogP contribution in [0.15, 0.2) is 30.5 Å². The third-order valence-corrected chi connectivity index (χ3v) is 3.92. The Bertz CT molecular complexity index is 721. The molecule has 2 aromatic rings. The number of hydrogen-bond donors (Lipinski definition) is 2. The fraction of sp³-hybridized carbons (Fsp3) is 0.333. The summed E-state index contributed by atoms with van der Waals surface area (Å²) in [5.74, 6) is 0.185. The van der Waals surface area contributed by atoms with Gasteiger partial charge in [-0.2, -0.15) is 4.98 Å². The van der Waals surface area contributed by atoms with Crippen molar-refractivity contribution in [3.63, 3.8) is 0 Å². The zero-order valence-electron chi connectivity index (χ0n) is 12.6. The number of anilines is 2. The van der Waals surface area contributed by atoms with Crippen molar-refractivity contribution >= 4 is 17.5 Å². The normalized spacial score (nSPS) is 14.3. The third-order valence-electron chi connectivity index (χ3n) is 3.92. The van der Waals surface area contributed by atoms with Crippen LogP contribution in [0.5, 0.6) is 0 Å². The van der Waals surface area contributed by atoms with E-state index in [1.165, 1.54) is 11.1 Å². The van der Waals surface area contributed by atoms with Crippen LogP contribution in [-0.2, 0) is 13.0 Å². The van der Waals surface area contributed by atoms with Crippen molar-refractivity contribution < 1.29 is 4.92 Å². The molecule has 0 radical (unpaired) electrons. The second kappa shape index (κ2) is 6.57. The second-order valence-electron chi connectivity index (χ2n) is 5.44. The van der Waals surface area contributed by atoms with Crippen LogP contribution in [0.3, 0.4) is 0 Å². The molecule has 0 saturated heterocycles. The Hall–Kier alpha value is -2.74. The van der Waals surface area contributed by atoms with E-state index in [0.29, 0.717) is 12.5 Å². The van der Waals surface area contributed by atoms with Crippen molar-refractivity contribution in [2.75, 3.05) is 30.7 Å². The molecule has 8 heteroatoms. The van der Waals surface area contributed by atoms with Gasteiger partial charge in [-0.05, 0) is 17.5 Å². The first-order chi connectivity index (χ1) is 11.1. The van der Waals surface area contributed by atoms with E-state index in [-0.39, 0.29) is 11.5 Å². The van der Waals surface area contributed by atoms with Gasteiger partial charge in [0.15, 0.2) is 0 Å². The highest BCUT2D eigenvalue weighted by atomic mass is 16.6. The van der Waals surface area contributed by atoms with Gasteiger partial charge in [-0.1, -0.05) is 24.3 Å². The van der Waals surface area contributed by atoms with E-state index in [2.05, 4.69) is 44.5 Å². The van der Waals surface area contributed by atoms with Gasteiger partial charge in [0, 0.05) is 26.2 Å². The number of nitrogen functional groups attached to an aromatic ring is 1. The third kappa shape index (κ3) is 3.54. The largest absolute Gasteiger partial charge is 0.378 e. The molecule has 1 aliphatic rings. The Morgan fingerprint density at radius 3 is 2.87 bits per heavy atom. The number of nitrogens with zero attached hydrogens (tertiary/aromatic N) is 4. The van der Waals surface area contributed by atoms with Crippen molar-refractivity contribution in [2.45, 2.75) is 13.0 Å². The number of benzene rings is 1. The quantitative estimate of drug-likeness (QED) is 0.634. The minimum atomic E-state index is -0.593. The van der Waals surface area contributed by atoms with E-state index in [9.17, 15) is 10.1 Å². The van der Waals surface area contributed by atoms with Gasteiger partial charge < -0.3 is 11.1 Å². The smallest absolute Gasteiger partial charge is 0.329 e. The molecule has 0 atom stereocenters. The molecule has 1 aromatic carbocycles. The molecule has 0 bridgehead atoms. The number of hydrogen-bond acceptors (Lipinski definition) is 7. The van der Waals surface area contributed by atoms with Crippen LogP contribution in [0.4, 0.5) is 17.5 Å². The molecule has 2 heterocycles. The number of rotatable bonds is 5. The Balaban J connectivity index is 1.52. The van der Waals surface area contributed by atoms with Crippen molar-refractivity contribution in [3.05, 3.63) is 51.7 Å². The van der Waals surface area contributed by atoms with Gasteiger partial charge >= 0.3 is 5.69 Å². The maximum absolute atomic E-state index is 10.7. The summed E-state index contributed by atoms with van der Waals surface area (Å²) in [7, 11) is 0. The zero-order valence-corrected chi connectivity index (χ0v) is 12.6. The standard InChI is InChI=1S/C15H18N6O2/c16-14-13(21(22)23)9-18-15(19-14)17-6-8-20-7-5-11-3-1-2-4-12(11)10-20/h1-4,9H,5-8,10H2,(H3,16,17,18,19). The molecule has 0 fully saturated rings. The molecule has 8 nitrogen and oxygen atoms in total. The van der Waals surface area contributed by atoms with Gasteiger partial charge in [0.05, 0.1) is 4.92 Å². The molecular formula is C15H18N6O2. The van der Waals surface area contributed by atoms with Crippen molar-refractivity contribution in [1.82, 2.24) is 14.9 Å². The molecule has 3 rings (SSSR count). The minimum absolute atomic E-state index is 0.126. The van der Waals surface area contributed by atoms with Crippen LogP contribution in [-0.4, -0.2) is 39.4 Å². The molecule has 0 spiro atoms. The van der Waals surface area contributed by atoms with E-state index >= 15 is 0 Å². The van der Waals surface area contributed by atoms with Crippen molar-refractivity contribution in [3.8, 4) is 0 Å². The summed E-state index contributed by atoms with van der Waals surface area (Å²) in [6.07, 6.45) is 2.18. The summed E-state index contributed by atoms with van der Waals surface area (Å²) < 4.78 is 0. The summed E-state index contributed by atoms with van der Waals surface area (Å²) in [5, 5.41) is 13.7. The summed E-state index contributed by atoms with van der Waals surface area (Å²) in [4.78, 5) is 20.3. The molecule has 1 aromatic heterocycles. The van der Waals surface area contributed by atoms with E-state index in [1.54, 1.807) is 0 Å². The summed E-state index contributed by atoms with van der Waals surface area (Å²) in [6, 6.07) is 8.48. The molecule has 0 saturated carbocycles. The summed E-state index contributed by atoms with van der Waals surface area (Å²) in [5.41, 5.74) is 8.06. The summed E-state index contributed by atoms with van der Waals surface area (Å²) >= 11 is 0. The van der Waals surface area contributed by atoms with Crippen molar-refractivity contribution in [1.29, 1.82) is 0 Å². The van der Waals surface area contributed by atoms with E-state index in [4.69, 9.17) is 5.73 Å². The van der Waals surface area contributed by atoms with Gasteiger partial charge in [-0.15, -0.1) is 0 Å². The van der Waals surface area contributed by atoms with E-state index in [0.717, 1.165) is 32.3 Å². The topological polar surface area (TPSA) is 110 Å². The molecule has 0 amide bonds. The number of nitro groups is 1. The van der Waals surface area contributed by atoms with Crippen LogP contribution in [0, 0.1) is 10.1 Å². The predicted molar refractivity (Wildman–Crippen MR) is 87.0 cm³/mol. The maximum atomic E-state index is 10.7. The average molecular weight is 314 g/mol. The summed E-state index contributed by atoms with van der Waals surface area (Å²) in [6.45, 7) is 3.44. The number of nitrogens with two attached hydrogens (primary N) is 1. The minimum Gasteiger partial charge on any atom is -0.378 e. The van der Waals surface area contributed by atoms with Gasteiger partial charge in [-0.3, -0.25) is 15.0 Å². The number of fused-ring (bicyclic) bond motifs is 1. The first-order valence-electron chi connectivity index (χ1n) is 7.43. The SMILES string of the molecule is Nc1nc(NCCN2CCc3ccccc3C2)ncc1[N+](=O)[O-]. The van der Waals surface area contributed by atoms with Crippen LogP contribution >= 0.6 is 0 Å². The van der Waals surface area contributed by atoms with Gasteiger partial charge in [-0.25, -0.2) is 4.98 Å². The van der Waals surface area contributed by atoms with Gasteiger partial charge in [0.2, 0.25) is 11.8 Å². The lowest BCUT2D eigenvalue weighted by molar-refractivity contribution is -0.384. The van der Waals surface area contributed by atoms with E-state index < -0.39 is 4.92 Å². The Kier molecular flexibility index (Phi) is 4.33. The van der Waals surface area contributed by atoms with E-state index in [1.807, 2.05) is 0 Å². The highest BCUT2D eigenvalue weighted by molar-refractivity contribution is 5.53. The maximum Gasteiger partial charge on any atom is 0.329 e. The Labute approximate surface area is 133 Å². The lowest BCUT2D eigenvalue weighted by Crippen LogP contribution is -2.34. The van der Waals surface area contributed by atoms with Crippen LogP contribution in [0.25, 0.3) is 0 Å².